The van der Waals surface area contributed by atoms with Crippen molar-refractivity contribution in [3.05, 3.63) is 54.0 Å². The molecule has 7 heteroatoms. The van der Waals surface area contributed by atoms with Crippen LogP contribution in [0.3, 0.4) is 0 Å². The molecule has 6 nitrogen and oxygen atoms in total. The zero-order valence-corrected chi connectivity index (χ0v) is 15.3. The third-order valence-electron chi connectivity index (χ3n) is 5.12. The van der Waals surface area contributed by atoms with Crippen LogP contribution < -0.4 is 11.1 Å². The second-order valence-electron chi connectivity index (χ2n) is 7.04. The van der Waals surface area contributed by atoms with Crippen LogP contribution in [-0.2, 0) is 6.54 Å². The van der Waals surface area contributed by atoms with Crippen LogP contribution in [0.5, 0.6) is 0 Å². The Morgan fingerprint density at radius 2 is 1.93 bits per heavy atom. The van der Waals surface area contributed by atoms with E-state index < -0.39 is 0 Å². The summed E-state index contributed by atoms with van der Waals surface area (Å²) in [4.78, 5) is 11.7. The van der Waals surface area contributed by atoms with Gasteiger partial charge >= 0.3 is 0 Å². The lowest BCUT2D eigenvalue weighted by Crippen LogP contribution is -2.41. The fourth-order valence-electron chi connectivity index (χ4n) is 3.66. The molecule has 0 amide bonds. The molecule has 1 fully saturated rings. The minimum Gasteiger partial charge on any atom is -0.353 e. The highest BCUT2D eigenvalue weighted by Gasteiger charge is 2.21. The van der Waals surface area contributed by atoms with Crippen LogP contribution in [0.4, 0.5) is 10.3 Å². The van der Waals surface area contributed by atoms with Crippen LogP contribution in [0.25, 0.3) is 11.2 Å². The molecule has 3 N–H and O–H groups in total. The maximum absolute atomic E-state index is 13.2. The van der Waals surface area contributed by atoms with Crippen molar-refractivity contribution in [3.8, 4) is 0 Å². The molecule has 142 valence electrons. The van der Waals surface area contributed by atoms with Crippen molar-refractivity contribution >= 4 is 17.1 Å². The fraction of sp³-hybridized carbons (Fsp3) is 0.400. The summed E-state index contributed by atoms with van der Waals surface area (Å²) in [5.74, 6) is 0.597. The quantitative estimate of drug-likeness (QED) is 0.699. The molecule has 0 aliphatic carbocycles. The van der Waals surface area contributed by atoms with Crippen LogP contribution in [0.15, 0.2) is 42.6 Å². The Hall–Kier alpha value is -2.51. The summed E-state index contributed by atoms with van der Waals surface area (Å²) in [6, 6.07) is 10.8. The topological polar surface area (TPSA) is 72.0 Å². The standard InChI is InChI=1S/C20H25FN6/c21-16-5-3-15(4-6-16)14-27-19-18(2-1-10-23-19)25-20(27)24-17-7-11-26(12-8-17)13-9-22/h1-6,10,17H,7-9,11-14,22H2,(H,24,25). The molecule has 0 bridgehead atoms. The van der Waals surface area contributed by atoms with Gasteiger partial charge in [-0.25, -0.2) is 14.4 Å². The van der Waals surface area contributed by atoms with Gasteiger partial charge in [0.2, 0.25) is 5.95 Å². The van der Waals surface area contributed by atoms with E-state index in [1.54, 1.807) is 18.3 Å². The van der Waals surface area contributed by atoms with Crippen molar-refractivity contribution in [1.29, 1.82) is 0 Å². The maximum atomic E-state index is 13.2. The maximum Gasteiger partial charge on any atom is 0.205 e. The van der Waals surface area contributed by atoms with Gasteiger partial charge in [-0.15, -0.1) is 0 Å². The molecular weight excluding hydrogens is 343 g/mol. The van der Waals surface area contributed by atoms with Gasteiger partial charge in [-0.1, -0.05) is 12.1 Å². The summed E-state index contributed by atoms with van der Waals surface area (Å²) in [7, 11) is 0. The van der Waals surface area contributed by atoms with Gasteiger partial charge in [-0.2, -0.15) is 0 Å². The Balaban J connectivity index is 1.56. The highest BCUT2D eigenvalue weighted by Crippen LogP contribution is 2.22. The van der Waals surface area contributed by atoms with Gasteiger partial charge in [-0.3, -0.25) is 4.57 Å². The Morgan fingerprint density at radius 3 is 2.67 bits per heavy atom. The molecule has 0 spiro atoms. The van der Waals surface area contributed by atoms with Gasteiger partial charge < -0.3 is 16.0 Å². The van der Waals surface area contributed by atoms with E-state index in [2.05, 4.69) is 19.8 Å². The number of nitrogens with zero attached hydrogens (tertiary/aromatic N) is 4. The normalized spacial score (nSPS) is 16.1. The first kappa shape index (κ1) is 17.9. The molecular formula is C20H25FN6. The van der Waals surface area contributed by atoms with E-state index in [1.165, 1.54) is 12.1 Å². The van der Waals surface area contributed by atoms with E-state index in [9.17, 15) is 4.39 Å². The average molecular weight is 368 g/mol. The molecule has 1 aliphatic rings. The highest BCUT2D eigenvalue weighted by molar-refractivity contribution is 5.74. The van der Waals surface area contributed by atoms with Gasteiger partial charge in [0.15, 0.2) is 5.65 Å². The Morgan fingerprint density at radius 1 is 1.15 bits per heavy atom. The van der Waals surface area contributed by atoms with Crippen LogP contribution in [-0.4, -0.2) is 51.7 Å². The number of likely N-dealkylation sites (tertiary alicyclic amines) is 1. The average Bonchev–Trinajstić information content (AvgIpc) is 3.02. The fourth-order valence-corrected chi connectivity index (χ4v) is 3.66. The van der Waals surface area contributed by atoms with E-state index >= 15 is 0 Å². The van der Waals surface area contributed by atoms with Gasteiger partial charge in [0.1, 0.15) is 11.3 Å². The number of pyridine rings is 1. The van der Waals surface area contributed by atoms with E-state index in [1.807, 2.05) is 12.1 Å². The molecule has 1 aliphatic heterocycles. The molecule has 0 radical (unpaired) electrons. The van der Waals surface area contributed by atoms with Gasteiger partial charge in [0.05, 0.1) is 6.54 Å². The monoisotopic (exact) mass is 368 g/mol. The van der Waals surface area contributed by atoms with Crippen molar-refractivity contribution < 1.29 is 4.39 Å². The number of hydrogen-bond donors (Lipinski definition) is 2. The Bertz CT molecular complexity index is 883. The van der Waals surface area contributed by atoms with Crippen LogP contribution in [0.1, 0.15) is 18.4 Å². The molecule has 0 atom stereocenters. The summed E-state index contributed by atoms with van der Waals surface area (Å²) in [5.41, 5.74) is 8.38. The molecule has 0 unspecified atom stereocenters. The summed E-state index contributed by atoms with van der Waals surface area (Å²) in [6.45, 7) is 4.36. The zero-order chi connectivity index (χ0) is 18.6. The molecule has 3 heterocycles. The van der Waals surface area contributed by atoms with Crippen molar-refractivity contribution in [2.24, 2.45) is 5.73 Å². The number of imidazole rings is 1. The molecule has 2 aromatic heterocycles. The summed E-state index contributed by atoms with van der Waals surface area (Å²) < 4.78 is 15.3. The number of piperidine rings is 1. The first-order valence-corrected chi connectivity index (χ1v) is 9.47. The third-order valence-corrected chi connectivity index (χ3v) is 5.12. The van der Waals surface area contributed by atoms with E-state index in [0.717, 1.165) is 55.2 Å². The van der Waals surface area contributed by atoms with Crippen LogP contribution in [0.2, 0.25) is 0 Å². The second-order valence-corrected chi connectivity index (χ2v) is 7.04. The summed E-state index contributed by atoms with van der Waals surface area (Å²) in [5, 5.41) is 3.61. The second kappa shape index (κ2) is 8.02. The first-order valence-electron chi connectivity index (χ1n) is 9.47. The number of fused-ring (bicyclic) bond motifs is 1. The lowest BCUT2D eigenvalue weighted by molar-refractivity contribution is 0.224. The molecule has 3 aromatic rings. The molecule has 4 rings (SSSR count). The van der Waals surface area contributed by atoms with Crippen molar-refractivity contribution in [2.45, 2.75) is 25.4 Å². The molecule has 1 aromatic carbocycles. The summed E-state index contributed by atoms with van der Waals surface area (Å²) >= 11 is 0. The lowest BCUT2D eigenvalue weighted by Gasteiger charge is -2.32. The predicted octanol–water partition coefficient (Wildman–Crippen LogP) is 2.45. The first-order chi connectivity index (χ1) is 13.2. The number of nitrogens with one attached hydrogen (secondary N) is 1. The number of halogens is 1. The van der Waals surface area contributed by atoms with Crippen LogP contribution >= 0.6 is 0 Å². The lowest BCUT2D eigenvalue weighted by atomic mass is 10.1. The van der Waals surface area contributed by atoms with Gasteiger partial charge in [-0.05, 0) is 42.7 Å². The van der Waals surface area contributed by atoms with E-state index in [0.29, 0.717) is 19.1 Å². The predicted molar refractivity (Wildman–Crippen MR) is 105 cm³/mol. The minimum absolute atomic E-state index is 0.227. The largest absolute Gasteiger partial charge is 0.353 e. The highest BCUT2D eigenvalue weighted by atomic mass is 19.1. The Labute approximate surface area is 158 Å². The van der Waals surface area contributed by atoms with Crippen LogP contribution in [0, 0.1) is 5.82 Å². The molecule has 1 saturated heterocycles. The number of anilines is 1. The number of hydrogen-bond acceptors (Lipinski definition) is 5. The van der Waals surface area contributed by atoms with Crippen molar-refractivity contribution in [1.82, 2.24) is 19.4 Å². The number of rotatable bonds is 6. The van der Waals surface area contributed by atoms with Gasteiger partial charge in [0, 0.05) is 38.4 Å². The SMILES string of the molecule is NCCN1CCC(Nc2nc3cccnc3n2Cc2ccc(F)cc2)CC1. The Kier molecular flexibility index (Phi) is 5.31. The van der Waals surface area contributed by atoms with Crippen molar-refractivity contribution in [3.63, 3.8) is 0 Å². The van der Waals surface area contributed by atoms with E-state index in [-0.39, 0.29) is 5.82 Å². The third kappa shape index (κ3) is 4.09. The van der Waals surface area contributed by atoms with E-state index in [4.69, 9.17) is 10.7 Å². The number of nitrogens with two attached hydrogens (primary N) is 1. The number of aromatic nitrogens is 3. The summed E-state index contributed by atoms with van der Waals surface area (Å²) in [6.07, 6.45) is 3.90. The zero-order valence-electron chi connectivity index (χ0n) is 15.3. The van der Waals surface area contributed by atoms with Crippen molar-refractivity contribution in [2.75, 3.05) is 31.5 Å². The smallest absolute Gasteiger partial charge is 0.205 e. The number of benzene rings is 1. The van der Waals surface area contributed by atoms with Gasteiger partial charge in [0.25, 0.3) is 0 Å². The molecule has 0 saturated carbocycles. The molecule has 27 heavy (non-hydrogen) atoms. The minimum atomic E-state index is -0.227.